The van der Waals surface area contributed by atoms with Gasteiger partial charge < -0.3 is 9.15 Å². The maximum absolute atomic E-state index is 6.06. The Hall–Kier alpha value is -1.59. The van der Waals surface area contributed by atoms with Crippen molar-refractivity contribution in [2.24, 2.45) is 0 Å². The van der Waals surface area contributed by atoms with E-state index in [9.17, 15) is 0 Å². The van der Waals surface area contributed by atoms with Crippen molar-refractivity contribution in [3.05, 3.63) is 40.6 Å². The third-order valence-corrected chi connectivity index (χ3v) is 5.51. The Labute approximate surface area is 145 Å². The number of hydrogen-bond donors (Lipinski definition) is 0. The molecule has 1 saturated carbocycles. The molecule has 1 aromatic carbocycles. The molecule has 2 aliphatic heterocycles. The molecule has 24 heavy (non-hydrogen) atoms. The lowest BCUT2D eigenvalue weighted by atomic mass is 10.0. The van der Waals surface area contributed by atoms with Crippen molar-refractivity contribution in [2.45, 2.75) is 56.7 Å². The molecule has 5 rings (SSSR count). The van der Waals surface area contributed by atoms with Crippen LogP contribution in [0, 0.1) is 0 Å². The highest BCUT2D eigenvalue weighted by Gasteiger charge is 2.39. The van der Waals surface area contributed by atoms with Crippen molar-refractivity contribution in [1.82, 2.24) is 15.1 Å². The molecule has 0 N–H and O–H groups in total. The summed E-state index contributed by atoms with van der Waals surface area (Å²) in [6, 6.07) is 6.71. The Morgan fingerprint density at radius 2 is 1.96 bits per heavy atom. The lowest BCUT2D eigenvalue weighted by Gasteiger charge is -2.33. The summed E-state index contributed by atoms with van der Waals surface area (Å²) in [5.74, 6) is 2.20. The van der Waals surface area contributed by atoms with Crippen LogP contribution in [0.4, 0.5) is 0 Å². The quantitative estimate of drug-likeness (QED) is 0.838. The van der Waals surface area contributed by atoms with E-state index in [1.807, 2.05) is 18.2 Å². The normalized spacial score (nSPS) is 27.0. The summed E-state index contributed by atoms with van der Waals surface area (Å²) in [6.45, 7) is 1.15. The van der Waals surface area contributed by atoms with Gasteiger partial charge in [-0.25, -0.2) is 0 Å². The Bertz CT molecular complexity index is 758. The minimum atomic E-state index is -0.197. The van der Waals surface area contributed by atoms with Gasteiger partial charge in [-0.2, -0.15) is 0 Å². The van der Waals surface area contributed by atoms with Gasteiger partial charge in [-0.3, -0.25) is 4.90 Å². The third kappa shape index (κ3) is 2.60. The SMILES string of the molecule is Clc1ccc2c(c1)CC(c1nnc(C3CCCCN3C3CC3)o1)O2. The van der Waals surface area contributed by atoms with Crippen LogP contribution in [0.3, 0.4) is 0 Å². The van der Waals surface area contributed by atoms with E-state index < -0.39 is 0 Å². The van der Waals surface area contributed by atoms with Gasteiger partial charge >= 0.3 is 0 Å². The van der Waals surface area contributed by atoms with E-state index in [2.05, 4.69) is 15.1 Å². The summed E-state index contributed by atoms with van der Waals surface area (Å²) in [7, 11) is 0. The zero-order valence-corrected chi connectivity index (χ0v) is 14.2. The molecule has 0 bridgehead atoms. The van der Waals surface area contributed by atoms with Crippen molar-refractivity contribution in [2.75, 3.05) is 6.54 Å². The Morgan fingerprint density at radius 1 is 1.08 bits per heavy atom. The topological polar surface area (TPSA) is 51.4 Å². The van der Waals surface area contributed by atoms with E-state index >= 15 is 0 Å². The predicted octanol–water partition coefficient (Wildman–Crippen LogP) is 4.09. The van der Waals surface area contributed by atoms with Crippen molar-refractivity contribution in [3.8, 4) is 5.75 Å². The Kier molecular flexibility index (Phi) is 3.52. The predicted molar refractivity (Wildman–Crippen MR) is 89.1 cm³/mol. The summed E-state index contributed by atoms with van der Waals surface area (Å²) in [5, 5.41) is 9.38. The van der Waals surface area contributed by atoms with Crippen LogP contribution in [-0.4, -0.2) is 27.7 Å². The number of hydrogen-bond acceptors (Lipinski definition) is 5. The monoisotopic (exact) mass is 345 g/mol. The fraction of sp³-hybridized carbons (Fsp3) is 0.556. The summed E-state index contributed by atoms with van der Waals surface area (Å²) >= 11 is 6.06. The molecular weight excluding hydrogens is 326 g/mol. The van der Waals surface area contributed by atoms with E-state index in [4.69, 9.17) is 20.8 Å². The second-order valence-electron chi connectivity index (χ2n) is 7.02. The van der Waals surface area contributed by atoms with Crippen molar-refractivity contribution >= 4 is 11.6 Å². The molecular formula is C18H20ClN3O2. The van der Waals surface area contributed by atoms with Gasteiger partial charge in [-0.05, 0) is 56.0 Å². The number of piperidine rings is 1. The van der Waals surface area contributed by atoms with E-state index in [1.165, 1.54) is 25.7 Å². The first kappa shape index (κ1) is 14.7. The molecule has 3 aliphatic rings. The smallest absolute Gasteiger partial charge is 0.257 e. The van der Waals surface area contributed by atoms with Crippen LogP contribution < -0.4 is 4.74 Å². The molecule has 2 fully saturated rings. The van der Waals surface area contributed by atoms with E-state index in [0.717, 1.165) is 47.7 Å². The maximum Gasteiger partial charge on any atom is 0.257 e. The van der Waals surface area contributed by atoms with Crippen LogP contribution >= 0.6 is 11.6 Å². The fourth-order valence-electron chi connectivity index (χ4n) is 3.93. The van der Waals surface area contributed by atoms with Crippen LogP contribution in [0.5, 0.6) is 5.75 Å². The minimum Gasteiger partial charge on any atom is -0.480 e. The van der Waals surface area contributed by atoms with Gasteiger partial charge in [0.1, 0.15) is 5.75 Å². The van der Waals surface area contributed by atoms with Gasteiger partial charge in [0.2, 0.25) is 5.89 Å². The maximum atomic E-state index is 6.06. The van der Waals surface area contributed by atoms with Crippen molar-refractivity contribution in [3.63, 3.8) is 0 Å². The van der Waals surface area contributed by atoms with Crippen LogP contribution in [0.25, 0.3) is 0 Å². The lowest BCUT2D eigenvalue weighted by molar-refractivity contribution is 0.111. The number of rotatable bonds is 3. The number of fused-ring (bicyclic) bond motifs is 1. The molecule has 0 spiro atoms. The highest BCUT2D eigenvalue weighted by molar-refractivity contribution is 6.30. The van der Waals surface area contributed by atoms with E-state index in [1.54, 1.807) is 0 Å². The summed E-state index contributed by atoms with van der Waals surface area (Å²) in [5.41, 5.74) is 1.10. The average molecular weight is 346 g/mol. The summed E-state index contributed by atoms with van der Waals surface area (Å²) in [4.78, 5) is 2.56. The zero-order chi connectivity index (χ0) is 16.1. The molecule has 1 aromatic heterocycles. The molecule has 3 heterocycles. The van der Waals surface area contributed by atoms with Gasteiger partial charge in [-0.15, -0.1) is 10.2 Å². The molecule has 0 amide bonds. The number of nitrogens with zero attached hydrogens (tertiary/aromatic N) is 3. The summed E-state index contributed by atoms with van der Waals surface area (Å²) < 4.78 is 12.0. The number of aromatic nitrogens is 2. The molecule has 2 atom stereocenters. The van der Waals surface area contributed by atoms with Crippen molar-refractivity contribution in [1.29, 1.82) is 0 Å². The zero-order valence-electron chi connectivity index (χ0n) is 13.4. The van der Waals surface area contributed by atoms with Crippen LogP contribution in [0.15, 0.2) is 22.6 Å². The molecule has 2 unspecified atom stereocenters. The van der Waals surface area contributed by atoms with Gasteiger partial charge in [0.25, 0.3) is 5.89 Å². The molecule has 1 aliphatic carbocycles. The third-order valence-electron chi connectivity index (χ3n) is 5.27. The van der Waals surface area contributed by atoms with Gasteiger partial charge in [0.05, 0.1) is 6.04 Å². The first-order valence-corrected chi connectivity index (χ1v) is 9.20. The highest BCUT2D eigenvalue weighted by atomic mass is 35.5. The second kappa shape index (κ2) is 5.74. The molecule has 0 radical (unpaired) electrons. The fourth-order valence-corrected chi connectivity index (χ4v) is 4.12. The molecule has 5 nitrogen and oxygen atoms in total. The Balaban J connectivity index is 1.36. The van der Waals surface area contributed by atoms with Crippen LogP contribution in [0.2, 0.25) is 5.02 Å². The second-order valence-corrected chi connectivity index (χ2v) is 7.46. The van der Waals surface area contributed by atoms with Gasteiger partial charge in [-0.1, -0.05) is 18.0 Å². The van der Waals surface area contributed by atoms with Crippen molar-refractivity contribution < 1.29 is 9.15 Å². The number of benzene rings is 1. The summed E-state index contributed by atoms with van der Waals surface area (Å²) in [6.07, 6.45) is 6.76. The Morgan fingerprint density at radius 3 is 2.83 bits per heavy atom. The molecule has 6 heteroatoms. The highest BCUT2D eigenvalue weighted by Crippen LogP contribution is 2.41. The number of likely N-dealkylation sites (tertiary alicyclic amines) is 1. The van der Waals surface area contributed by atoms with Gasteiger partial charge in [0, 0.05) is 17.5 Å². The van der Waals surface area contributed by atoms with E-state index in [-0.39, 0.29) is 12.1 Å². The minimum absolute atomic E-state index is 0.197. The molecule has 1 saturated heterocycles. The largest absolute Gasteiger partial charge is 0.480 e. The van der Waals surface area contributed by atoms with Crippen LogP contribution in [0.1, 0.15) is 61.6 Å². The molecule has 2 aromatic rings. The van der Waals surface area contributed by atoms with Gasteiger partial charge in [0.15, 0.2) is 6.10 Å². The molecule has 126 valence electrons. The average Bonchev–Trinajstić information content (AvgIpc) is 3.17. The standard InChI is InChI=1S/C18H20ClN3O2/c19-12-4-7-15-11(9-12)10-16(23-15)18-21-20-17(24-18)14-3-1-2-8-22(14)13-5-6-13/h4,7,9,13-14,16H,1-3,5-6,8,10H2. The van der Waals surface area contributed by atoms with Crippen LogP contribution in [-0.2, 0) is 6.42 Å². The lowest BCUT2D eigenvalue weighted by Crippen LogP contribution is -2.35. The first-order valence-electron chi connectivity index (χ1n) is 8.82. The first-order chi connectivity index (χ1) is 11.8. The van der Waals surface area contributed by atoms with E-state index in [0.29, 0.717) is 5.89 Å². The number of ether oxygens (including phenoxy) is 1. The number of halogens is 1.